The van der Waals surface area contributed by atoms with E-state index in [1.54, 1.807) is 16.2 Å². The first-order chi connectivity index (χ1) is 12.1. The second kappa shape index (κ2) is 7.77. The fraction of sp³-hybridized carbons (Fsp3) is 0.529. The Balaban J connectivity index is 1.50. The molecule has 0 unspecified atom stereocenters. The van der Waals surface area contributed by atoms with Gasteiger partial charge in [0.2, 0.25) is 17.6 Å². The quantitative estimate of drug-likeness (QED) is 0.848. The van der Waals surface area contributed by atoms with Crippen molar-refractivity contribution < 1.29 is 19.2 Å². The first-order valence-electron chi connectivity index (χ1n) is 8.45. The van der Waals surface area contributed by atoms with Crippen molar-refractivity contribution in [2.24, 2.45) is 5.92 Å². The van der Waals surface area contributed by atoms with Gasteiger partial charge in [0.1, 0.15) is 0 Å². The summed E-state index contributed by atoms with van der Waals surface area (Å²) in [5.74, 6) is -0.202. The molecule has 2 aromatic rings. The summed E-state index contributed by atoms with van der Waals surface area (Å²) in [4.78, 5) is 30.7. The molecule has 3 heterocycles. The van der Waals surface area contributed by atoms with Crippen molar-refractivity contribution in [1.82, 2.24) is 15.0 Å². The molecule has 2 atom stereocenters. The van der Waals surface area contributed by atoms with Crippen molar-refractivity contribution in [3.63, 3.8) is 0 Å². The third-order valence-electron chi connectivity index (χ3n) is 4.62. The second-order valence-corrected chi connectivity index (χ2v) is 7.20. The highest BCUT2D eigenvalue weighted by Crippen LogP contribution is 2.25. The molecule has 1 N–H and O–H groups in total. The Kier molecular flexibility index (Phi) is 5.47. The van der Waals surface area contributed by atoms with E-state index in [0.717, 1.165) is 11.3 Å². The molecule has 1 aliphatic rings. The Morgan fingerprint density at radius 2 is 2.32 bits per heavy atom. The predicted octanol–water partition coefficient (Wildman–Crippen LogP) is 2.83. The number of aromatic nitrogens is 2. The summed E-state index contributed by atoms with van der Waals surface area (Å²) in [6.45, 7) is 2.45. The van der Waals surface area contributed by atoms with Crippen LogP contribution in [-0.4, -0.2) is 44.6 Å². The zero-order valence-electron chi connectivity index (χ0n) is 14.1. The number of hydrogen-bond acceptors (Lipinski definition) is 6. The summed E-state index contributed by atoms with van der Waals surface area (Å²) < 4.78 is 5.23. The largest absolute Gasteiger partial charge is 0.481 e. The van der Waals surface area contributed by atoms with Crippen LogP contribution in [0, 0.1) is 5.92 Å². The van der Waals surface area contributed by atoms with Crippen LogP contribution in [0.3, 0.4) is 0 Å². The molecule has 8 heteroatoms. The molecule has 0 bridgehead atoms. The van der Waals surface area contributed by atoms with E-state index in [1.165, 1.54) is 0 Å². The predicted molar refractivity (Wildman–Crippen MR) is 92.1 cm³/mol. The number of carboxylic acid groups (broad SMARTS) is 1. The van der Waals surface area contributed by atoms with Crippen LogP contribution in [0.25, 0.3) is 10.7 Å². The van der Waals surface area contributed by atoms with Gasteiger partial charge in [0.15, 0.2) is 0 Å². The molecular weight excluding hydrogens is 342 g/mol. The fourth-order valence-corrected chi connectivity index (χ4v) is 3.87. The monoisotopic (exact) mass is 363 g/mol. The van der Waals surface area contributed by atoms with Crippen LogP contribution in [0.15, 0.2) is 22.0 Å². The van der Waals surface area contributed by atoms with Gasteiger partial charge in [0.05, 0.1) is 10.8 Å². The molecule has 0 radical (unpaired) electrons. The lowest BCUT2D eigenvalue weighted by atomic mass is 9.90. The van der Waals surface area contributed by atoms with Crippen LogP contribution in [-0.2, 0) is 16.0 Å². The molecule has 1 amide bonds. The molecular formula is C17H21N3O4S. The molecule has 1 fully saturated rings. The normalized spacial score (nSPS) is 20.6. The van der Waals surface area contributed by atoms with Gasteiger partial charge >= 0.3 is 5.97 Å². The number of thiophene rings is 1. The zero-order valence-corrected chi connectivity index (χ0v) is 14.9. The summed E-state index contributed by atoms with van der Waals surface area (Å²) >= 11 is 1.55. The fourth-order valence-electron chi connectivity index (χ4n) is 3.22. The Morgan fingerprint density at radius 1 is 1.48 bits per heavy atom. The number of aliphatic carboxylic acids is 1. The maximum Gasteiger partial charge on any atom is 0.308 e. The number of amides is 1. The van der Waals surface area contributed by atoms with E-state index in [0.29, 0.717) is 43.9 Å². The van der Waals surface area contributed by atoms with Crippen molar-refractivity contribution in [3.8, 4) is 10.7 Å². The topological polar surface area (TPSA) is 96.5 Å². The van der Waals surface area contributed by atoms with Crippen molar-refractivity contribution in [2.45, 2.75) is 45.1 Å². The average Bonchev–Trinajstić information content (AvgIpc) is 3.26. The van der Waals surface area contributed by atoms with E-state index >= 15 is 0 Å². The summed E-state index contributed by atoms with van der Waals surface area (Å²) in [5.41, 5.74) is 0. The van der Waals surface area contributed by atoms with E-state index in [2.05, 4.69) is 10.1 Å². The minimum Gasteiger partial charge on any atom is -0.481 e. The number of likely N-dealkylation sites (tertiary alicyclic amines) is 1. The van der Waals surface area contributed by atoms with Gasteiger partial charge < -0.3 is 14.5 Å². The van der Waals surface area contributed by atoms with Gasteiger partial charge in [-0.25, -0.2) is 0 Å². The molecule has 1 aliphatic heterocycles. The third-order valence-corrected chi connectivity index (χ3v) is 5.48. The Morgan fingerprint density at radius 3 is 3.04 bits per heavy atom. The van der Waals surface area contributed by atoms with Crippen molar-refractivity contribution in [1.29, 1.82) is 0 Å². The number of piperidine rings is 1. The summed E-state index contributed by atoms with van der Waals surface area (Å²) in [6.07, 6.45) is 2.86. The first kappa shape index (κ1) is 17.6. The lowest BCUT2D eigenvalue weighted by Gasteiger charge is -2.37. The summed E-state index contributed by atoms with van der Waals surface area (Å²) in [6, 6.07) is 3.60. The van der Waals surface area contributed by atoms with Crippen LogP contribution in [0.2, 0.25) is 0 Å². The number of rotatable bonds is 6. The van der Waals surface area contributed by atoms with Gasteiger partial charge in [-0.05, 0) is 37.6 Å². The molecule has 0 spiro atoms. The minimum atomic E-state index is -0.822. The van der Waals surface area contributed by atoms with E-state index < -0.39 is 11.9 Å². The molecule has 1 saturated heterocycles. The van der Waals surface area contributed by atoms with Gasteiger partial charge in [0, 0.05) is 25.4 Å². The van der Waals surface area contributed by atoms with Crippen LogP contribution in [0.4, 0.5) is 0 Å². The average molecular weight is 363 g/mol. The minimum absolute atomic E-state index is 0.00329. The van der Waals surface area contributed by atoms with E-state index in [4.69, 9.17) is 4.52 Å². The molecule has 3 rings (SSSR count). The highest BCUT2D eigenvalue weighted by Gasteiger charge is 2.34. The van der Waals surface area contributed by atoms with E-state index in [9.17, 15) is 14.7 Å². The second-order valence-electron chi connectivity index (χ2n) is 6.26. The van der Waals surface area contributed by atoms with Crippen molar-refractivity contribution >= 4 is 23.2 Å². The number of carboxylic acids is 1. The maximum absolute atomic E-state index is 12.4. The first-order valence-corrected chi connectivity index (χ1v) is 9.33. The van der Waals surface area contributed by atoms with Crippen molar-refractivity contribution in [3.05, 3.63) is 23.4 Å². The molecule has 0 aromatic carbocycles. The Hall–Kier alpha value is -2.22. The smallest absolute Gasteiger partial charge is 0.308 e. The number of nitrogens with zero attached hydrogens (tertiary/aromatic N) is 3. The number of carbonyl (C=O) groups is 2. The summed E-state index contributed by atoms with van der Waals surface area (Å²) in [7, 11) is 0. The summed E-state index contributed by atoms with van der Waals surface area (Å²) in [5, 5.41) is 15.2. The van der Waals surface area contributed by atoms with Crippen LogP contribution >= 0.6 is 11.3 Å². The number of aryl methyl sites for hydroxylation is 1. The maximum atomic E-state index is 12.4. The molecule has 0 saturated carbocycles. The number of carbonyl (C=O) groups excluding carboxylic acids is 1. The van der Waals surface area contributed by atoms with Crippen LogP contribution in [0.5, 0.6) is 0 Å². The standard InChI is InChI=1S/C17H21N3O4S/c1-11-12(17(22)23)5-3-9-20(11)15(21)8-2-7-14-18-16(19-24-14)13-6-4-10-25-13/h4,6,10-12H,2-3,5,7-9H2,1H3,(H,22,23)/t11-,12-/m1/s1. The van der Waals surface area contributed by atoms with E-state index in [-0.39, 0.29) is 11.9 Å². The van der Waals surface area contributed by atoms with E-state index in [1.807, 2.05) is 24.4 Å². The molecule has 0 aliphatic carbocycles. The molecule has 7 nitrogen and oxygen atoms in total. The van der Waals surface area contributed by atoms with Gasteiger partial charge in [-0.2, -0.15) is 4.98 Å². The van der Waals surface area contributed by atoms with Crippen LogP contribution in [0.1, 0.15) is 38.5 Å². The zero-order chi connectivity index (χ0) is 17.8. The van der Waals surface area contributed by atoms with Gasteiger partial charge in [-0.3, -0.25) is 9.59 Å². The highest BCUT2D eigenvalue weighted by molar-refractivity contribution is 7.13. The Labute approximate surface area is 149 Å². The molecule has 2 aromatic heterocycles. The third kappa shape index (κ3) is 4.07. The highest BCUT2D eigenvalue weighted by atomic mass is 32.1. The SMILES string of the molecule is C[C@@H]1[C@H](C(=O)O)CCCN1C(=O)CCCc1nc(-c2cccs2)no1. The number of hydrogen-bond donors (Lipinski definition) is 1. The molecule has 134 valence electrons. The Bertz CT molecular complexity index is 728. The van der Waals surface area contributed by atoms with Gasteiger partial charge in [-0.1, -0.05) is 11.2 Å². The lowest BCUT2D eigenvalue weighted by molar-refractivity contribution is -0.149. The molecule has 25 heavy (non-hydrogen) atoms. The van der Waals surface area contributed by atoms with Gasteiger partial charge in [-0.15, -0.1) is 11.3 Å². The van der Waals surface area contributed by atoms with Crippen LogP contribution < -0.4 is 0 Å². The van der Waals surface area contributed by atoms with Gasteiger partial charge in [0.25, 0.3) is 0 Å². The van der Waals surface area contributed by atoms with Crippen molar-refractivity contribution in [2.75, 3.05) is 6.54 Å². The lowest BCUT2D eigenvalue weighted by Crippen LogP contribution is -2.49.